The van der Waals surface area contributed by atoms with E-state index in [1.54, 1.807) is 41.7 Å². The van der Waals surface area contributed by atoms with Gasteiger partial charge in [0.05, 0.1) is 25.0 Å². The monoisotopic (exact) mass is 337 g/mol. The zero-order valence-corrected chi connectivity index (χ0v) is 13.8. The van der Waals surface area contributed by atoms with Crippen LogP contribution in [0.5, 0.6) is 0 Å². The summed E-state index contributed by atoms with van der Waals surface area (Å²) in [5.41, 5.74) is 1.65. The van der Waals surface area contributed by atoms with Crippen molar-refractivity contribution >= 4 is 0 Å². The van der Waals surface area contributed by atoms with Gasteiger partial charge in [0.2, 0.25) is 5.89 Å². The second-order valence-electron chi connectivity index (χ2n) is 6.17. The van der Waals surface area contributed by atoms with Crippen molar-refractivity contribution in [3.8, 4) is 11.3 Å². The fourth-order valence-corrected chi connectivity index (χ4v) is 3.27. The lowest BCUT2D eigenvalue weighted by Gasteiger charge is -2.23. The molecule has 0 aromatic carbocycles. The quantitative estimate of drug-likeness (QED) is 0.708. The van der Waals surface area contributed by atoms with Crippen LogP contribution in [0.15, 0.2) is 58.3 Å². The van der Waals surface area contributed by atoms with Crippen molar-refractivity contribution in [2.75, 3.05) is 6.54 Å². The first-order valence-corrected chi connectivity index (χ1v) is 8.40. The first-order valence-electron chi connectivity index (χ1n) is 8.40. The molecule has 4 rings (SSSR count). The molecule has 0 bridgehead atoms. The molecule has 7 heteroatoms. The van der Waals surface area contributed by atoms with Gasteiger partial charge < -0.3 is 4.42 Å². The molecule has 1 aliphatic rings. The van der Waals surface area contributed by atoms with Crippen molar-refractivity contribution in [2.45, 2.75) is 32.0 Å². The van der Waals surface area contributed by atoms with Gasteiger partial charge in [0.1, 0.15) is 6.26 Å². The molecule has 0 aliphatic carbocycles. The van der Waals surface area contributed by atoms with Gasteiger partial charge in [-0.2, -0.15) is 5.10 Å². The van der Waals surface area contributed by atoms with Crippen molar-refractivity contribution in [3.05, 3.63) is 65.4 Å². The second-order valence-corrected chi connectivity index (χ2v) is 6.17. The van der Waals surface area contributed by atoms with E-state index >= 15 is 0 Å². The highest BCUT2D eigenvalue weighted by molar-refractivity contribution is 5.56. The SMILES string of the molecule is O=c1ccc(-c2ccncc2)nn1CC1CCCN1Cc1ncco1. The number of oxazole rings is 1. The van der Waals surface area contributed by atoms with Gasteiger partial charge in [-0.05, 0) is 37.6 Å². The summed E-state index contributed by atoms with van der Waals surface area (Å²) < 4.78 is 6.92. The molecule has 3 aromatic heterocycles. The molecule has 0 saturated carbocycles. The van der Waals surface area contributed by atoms with E-state index in [2.05, 4.69) is 20.0 Å². The van der Waals surface area contributed by atoms with E-state index in [0.717, 1.165) is 30.6 Å². The molecule has 7 nitrogen and oxygen atoms in total. The number of pyridine rings is 1. The Hall–Kier alpha value is -2.80. The molecule has 1 atom stereocenters. The summed E-state index contributed by atoms with van der Waals surface area (Å²) in [4.78, 5) is 22.8. The lowest BCUT2D eigenvalue weighted by molar-refractivity contribution is 0.198. The van der Waals surface area contributed by atoms with Gasteiger partial charge in [0.15, 0.2) is 0 Å². The Morgan fingerprint density at radius 2 is 2.04 bits per heavy atom. The topological polar surface area (TPSA) is 77.1 Å². The average molecular weight is 337 g/mol. The van der Waals surface area contributed by atoms with Crippen LogP contribution in [0.25, 0.3) is 11.3 Å². The van der Waals surface area contributed by atoms with Crippen LogP contribution < -0.4 is 5.56 Å². The van der Waals surface area contributed by atoms with E-state index in [9.17, 15) is 4.79 Å². The van der Waals surface area contributed by atoms with E-state index in [4.69, 9.17) is 4.42 Å². The number of hydrogen-bond donors (Lipinski definition) is 0. The molecular formula is C18H19N5O2. The summed E-state index contributed by atoms with van der Waals surface area (Å²) in [6.07, 6.45) is 8.83. The van der Waals surface area contributed by atoms with E-state index in [1.807, 2.05) is 12.1 Å². The highest BCUT2D eigenvalue weighted by Gasteiger charge is 2.26. The molecule has 128 valence electrons. The van der Waals surface area contributed by atoms with E-state index in [0.29, 0.717) is 19.0 Å². The van der Waals surface area contributed by atoms with Crippen LogP contribution in [-0.4, -0.2) is 37.2 Å². The maximum Gasteiger partial charge on any atom is 0.266 e. The summed E-state index contributed by atoms with van der Waals surface area (Å²) in [5, 5.41) is 4.55. The van der Waals surface area contributed by atoms with Crippen LogP contribution >= 0.6 is 0 Å². The molecule has 0 spiro atoms. The summed E-state index contributed by atoms with van der Waals surface area (Å²) in [6.45, 7) is 2.21. The Labute approximate surface area is 145 Å². The number of rotatable bonds is 5. The number of aromatic nitrogens is 4. The Bertz CT molecular complexity index is 876. The molecule has 3 aromatic rings. The van der Waals surface area contributed by atoms with Gasteiger partial charge in [0.25, 0.3) is 5.56 Å². The van der Waals surface area contributed by atoms with Crippen molar-refractivity contribution < 1.29 is 4.42 Å². The first kappa shape index (κ1) is 15.7. The van der Waals surface area contributed by atoms with Gasteiger partial charge in [0, 0.05) is 30.1 Å². The molecular weight excluding hydrogens is 318 g/mol. The lowest BCUT2D eigenvalue weighted by atomic mass is 10.2. The predicted octanol–water partition coefficient (Wildman–Crippen LogP) is 1.96. The van der Waals surface area contributed by atoms with Gasteiger partial charge >= 0.3 is 0 Å². The Balaban J connectivity index is 1.54. The standard InChI is InChI=1S/C18H19N5O2/c24-18-4-3-16(14-5-7-19-8-6-14)21-23(18)12-15-2-1-10-22(15)13-17-20-9-11-25-17/h3-9,11,15H,1-2,10,12-13H2. The normalized spacial score (nSPS) is 17.8. The highest BCUT2D eigenvalue weighted by Crippen LogP contribution is 2.21. The third kappa shape index (κ3) is 3.51. The van der Waals surface area contributed by atoms with E-state index in [1.165, 1.54) is 0 Å². The van der Waals surface area contributed by atoms with Crippen LogP contribution in [0.2, 0.25) is 0 Å². The fraction of sp³-hybridized carbons (Fsp3) is 0.333. The molecule has 25 heavy (non-hydrogen) atoms. The van der Waals surface area contributed by atoms with E-state index < -0.39 is 0 Å². The average Bonchev–Trinajstić information content (AvgIpc) is 3.31. The molecule has 1 aliphatic heterocycles. The van der Waals surface area contributed by atoms with Gasteiger partial charge in [-0.3, -0.25) is 14.7 Å². The smallest absolute Gasteiger partial charge is 0.266 e. The third-order valence-electron chi connectivity index (χ3n) is 4.55. The van der Waals surface area contributed by atoms with Crippen molar-refractivity contribution in [1.29, 1.82) is 0 Å². The largest absolute Gasteiger partial charge is 0.448 e. The van der Waals surface area contributed by atoms with Crippen molar-refractivity contribution in [1.82, 2.24) is 24.6 Å². The highest BCUT2D eigenvalue weighted by atomic mass is 16.3. The van der Waals surface area contributed by atoms with Crippen molar-refractivity contribution in [3.63, 3.8) is 0 Å². The lowest BCUT2D eigenvalue weighted by Crippen LogP contribution is -2.36. The maximum absolute atomic E-state index is 12.3. The third-order valence-corrected chi connectivity index (χ3v) is 4.55. The van der Waals surface area contributed by atoms with Gasteiger partial charge in [-0.1, -0.05) is 0 Å². The second kappa shape index (κ2) is 6.98. The fourth-order valence-electron chi connectivity index (χ4n) is 3.27. The van der Waals surface area contributed by atoms with Crippen LogP contribution in [0, 0.1) is 0 Å². The molecule has 1 unspecified atom stereocenters. The number of nitrogens with zero attached hydrogens (tertiary/aromatic N) is 5. The van der Waals surface area contributed by atoms with Gasteiger partial charge in [-0.15, -0.1) is 0 Å². The summed E-state index contributed by atoms with van der Waals surface area (Å²) in [7, 11) is 0. The zero-order valence-electron chi connectivity index (χ0n) is 13.8. The van der Waals surface area contributed by atoms with E-state index in [-0.39, 0.29) is 11.6 Å². The molecule has 1 fully saturated rings. The zero-order chi connectivity index (χ0) is 17.1. The van der Waals surface area contributed by atoms with Crippen molar-refractivity contribution in [2.24, 2.45) is 0 Å². The molecule has 1 saturated heterocycles. The first-order chi connectivity index (χ1) is 12.3. The summed E-state index contributed by atoms with van der Waals surface area (Å²) in [6, 6.07) is 7.37. The van der Waals surface area contributed by atoms with Crippen LogP contribution in [0.1, 0.15) is 18.7 Å². The Morgan fingerprint density at radius 3 is 2.84 bits per heavy atom. The van der Waals surface area contributed by atoms with Crippen LogP contribution in [0.3, 0.4) is 0 Å². The van der Waals surface area contributed by atoms with Crippen LogP contribution in [0.4, 0.5) is 0 Å². The molecule has 0 N–H and O–H groups in total. The van der Waals surface area contributed by atoms with Gasteiger partial charge in [-0.25, -0.2) is 9.67 Å². The molecule has 0 radical (unpaired) electrons. The summed E-state index contributed by atoms with van der Waals surface area (Å²) >= 11 is 0. The maximum atomic E-state index is 12.3. The van der Waals surface area contributed by atoms with Crippen LogP contribution in [-0.2, 0) is 13.1 Å². The summed E-state index contributed by atoms with van der Waals surface area (Å²) in [5.74, 6) is 0.706. The predicted molar refractivity (Wildman–Crippen MR) is 91.7 cm³/mol. The minimum Gasteiger partial charge on any atom is -0.448 e. The Kier molecular flexibility index (Phi) is 4.39. The minimum absolute atomic E-state index is 0.0826. The molecule has 0 amide bonds. The minimum atomic E-state index is -0.0826. The number of likely N-dealkylation sites (tertiary alicyclic amines) is 1. The number of hydrogen-bond acceptors (Lipinski definition) is 6. The Morgan fingerprint density at radius 1 is 1.16 bits per heavy atom. The molecule has 4 heterocycles.